The first kappa shape index (κ1) is 30.8. The molecule has 1 unspecified atom stereocenters. The number of aliphatic carboxylic acids is 1. The second kappa shape index (κ2) is 12.0. The van der Waals surface area contributed by atoms with Crippen molar-refractivity contribution in [2.45, 2.75) is 83.2 Å². The second-order valence-corrected chi connectivity index (χ2v) is 12.1. The number of likely N-dealkylation sites (tertiary alicyclic amines) is 1. The molecule has 0 bridgehead atoms. The summed E-state index contributed by atoms with van der Waals surface area (Å²) in [6.07, 6.45) is 2.74. The summed E-state index contributed by atoms with van der Waals surface area (Å²) in [7, 11) is 0. The van der Waals surface area contributed by atoms with Crippen LogP contribution in [0.1, 0.15) is 53.9 Å². The van der Waals surface area contributed by atoms with Crippen LogP contribution in [0.15, 0.2) is 49.2 Å². The topological polar surface area (TPSA) is 147 Å². The van der Waals surface area contributed by atoms with Crippen molar-refractivity contribution < 1.29 is 33.8 Å². The molecular formula is C31H40N4O7. The zero-order valence-electron chi connectivity index (χ0n) is 24.8. The lowest BCUT2D eigenvalue weighted by Gasteiger charge is -2.32. The number of benzene rings is 1. The molecule has 2 aromatic rings. The third-order valence-electron chi connectivity index (χ3n) is 7.93. The Hall–Kier alpha value is -4.15. The summed E-state index contributed by atoms with van der Waals surface area (Å²) in [5.41, 5.74) is -1.49. The van der Waals surface area contributed by atoms with Gasteiger partial charge in [0.2, 0.25) is 11.8 Å². The molecule has 1 saturated carbocycles. The van der Waals surface area contributed by atoms with Crippen molar-refractivity contribution in [3.8, 4) is 5.75 Å². The molecule has 3 amide bonds. The zero-order chi connectivity index (χ0) is 30.8. The van der Waals surface area contributed by atoms with E-state index >= 15 is 0 Å². The monoisotopic (exact) mass is 580 g/mol. The van der Waals surface area contributed by atoms with Gasteiger partial charge in [0.05, 0.1) is 12.1 Å². The van der Waals surface area contributed by atoms with Crippen molar-refractivity contribution in [2.24, 2.45) is 11.8 Å². The Bertz CT molecular complexity index is 1370. The van der Waals surface area contributed by atoms with E-state index in [-0.39, 0.29) is 25.3 Å². The lowest BCUT2D eigenvalue weighted by atomic mass is 9.97. The molecule has 3 N–H and O–H groups in total. The van der Waals surface area contributed by atoms with Crippen LogP contribution in [0.2, 0.25) is 0 Å². The van der Waals surface area contributed by atoms with Crippen LogP contribution < -0.4 is 15.4 Å². The molecular weight excluding hydrogens is 540 g/mol. The maximum absolute atomic E-state index is 14.1. The first-order valence-electron chi connectivity index (χ1n) is 14.3. The number of amides is 3. The van der Waals surface area contributed by atoms with Gasteiger partial charge in [0.15, 0.2) is 0 Å². The minimum Gasteiger partial charge on any atom is -0.488 e. The Morgan fingerprint density at radius 1 is 1.24 bits per heavy atom. The Morgan fingerprint density at radius 3 is 2.57 bits per heavy atom. The second-order valence-electron chi connectivity index (χ2n) is 12.1. The Labute approximate surface area is 245 Å². The van der Waals surface area contributed by atoms with Crippen molar-refractivity contribution in [1.82, 2.24) is 20.5 Å². The van der Waals surface area contributed by atoms with E-state index in [1.54, 1.807) is 33.0 Å². The molecule has 11 heteroatoms. The summed E-state index contributed by atoms with van der Waals surface area (Å²) in [5.74, 6) is -2.36. The number of para-hydroxylation sites is 1. The molecule has 226 valence electrons. The van der Waals surface area contributed by atoms with Crippen molar-refractivity contribution in [3.63, 3.8) is 0 Å². The predicted molar refractivity (Wildman–Crippen MR) is 156 cm³/mol. The molecule has 1 aromatic heterocycles. The number of carbonyl (C=O) groups excluding carboxylic acids is 3. The highest BCUT2D eigenvalue weighted by Gasteiger charge is 2.61. The number of alkyl carbamates (subject to hydrolysis) is 1. The van der Waals surface area contributed by atoms with Crippen LogP contribution in [0.5, 0.6) is 5.75 Å². The van der Waals surface area contributed by atoms with E-state index in [0.29, 0.717) is 12.2 Å². The highest BCUT2D eigenvalue weighted by Crippen LogP contribution is 2.45. The van der Waals surface area contributed by atoms with Crippen LogP contribution in [0.3, 0.4) is 0 Å². The standard InChI is InChI=1S/C31H40N4O7/c1-7-18(3)25(33-29(40)42-30(4,5)6)27(37)35-17-20(41-24-13-14-32-22-12-10-9-11-21(22)24)15-23(35)26(36)34-31(28(38)39)16-19(31)8-2/h8-14,18-20,23,25H,2,7,15-17H2,1,3-6H3,(H,33,40)(H,34,36)(H,38,39)/t18-,19+,20-,23+,25+,31?/m1/s1. The van der Waals surface area contributed by atoms with Gasteiger partial charge in [-0.25, -0.2) is 9.59 Å². The van der Waals surface area contributed by atoms with Gasteiger partial charge in [-0.15, -0.1) is 6.58 Å². The van der Waals surface area contributed by atoms with Gasteiger partial charge in [-0.05, 0) is 51.3 Å². The van der Waals surface area contributed by atoms with Gasteiger partial charge in [0.25, 0.3) is 0 Å². The molecule has 6 atom stereocenters. The molecule has 11 nitrogen and oxygen atoms in total. The number of ether oxygens (including phenoxy) is 2. The molecule has 1 saturated heterocycles. The highest BCUT2D eigenvalue weighted by atomic mass is 16.6. The fourth-order valence-corrected chi connectivity index (χ4v) is 5.34. The summed E-state index contributed by atoms with van der Waals surface area (Å²) in [4.78, 5) is 58.3. The lowest BCUT2D eigenvalue weighted by Crippen LogP contribution is -2.58. The van der Waals surface area contributed by atoms with Crippen LogP contribution in [0, 0.1) is 11.8 Å². The van der Waals surface area contributed by atoms with Gasteiger partial charge >= 0.3 is 12.1 Å². The summed E-state index contributed by atoms with van der Waals surface area (Å²) < 4.78 is 11.8. The van der Waals surface area contributed by atoms with Crippen molar-refractivity contribution in [3.05, 3.63) is 49.2 Å². The quantitative estimate of drug-likeness (QED) is 0.361. The number of pyridine rings is 1. The van der Waals surface area contributed by atoms with E-state index in [1.807, 2.05) is 38.1 Å². The summed E-state index contributed by atoms with van der Waals surface area (Å²) in [6.45, 7) is 12.7. The molecule has 2 aliphatic rings. The summed E-state index contributed by atoms with van der Waals surface area (Å²) in [6, 6.07) is 7.21. The first-order chi connectivity index (χ1) is 19.8. The minimum atomic E-state index is -1.46. The fourth-order valence-electron chi connectivity index (χ4n) is 5.34. The van der Waals surface area contributed by atoms with E-state index in [9.17, 15) is 24.3 Å². The number of fused-ring (bicyclic) bond motifs is 1. The smallest absolute Gasteiger partial charge is 0.408 e. The van der Waals surface area contributed by atoms with E-state index in [4.69, 9.17) is 9.47 Å². The number of nitrogens with one attached hydrogen (secondary N) is 2. The number of aromatic nitrogens is 1. The zero-order valence-corrected chi connectivity index (χ0v) is 24.8. The number of carboxylic acids is 1. The van der Waals surface area contributed by atoms with Crippen LogP contribution in [-0.4, -0.2) is 74.7 Å². The van der Waals surface area contributed by atoms with Gasteiger partial charge in [0.1, 0.15) is 35.1 Å². The van der Waals surface area contributed by atoms with Gasteiger partial charge in [-0.3, -0.25) is 14.6 Å². The predicted octanol–water partition coefficient (Wildman–Crippen LogP) is 3.67. The van der Waals surface area contributed by atoms with Crippen molar-refractivity contribution >= 4 is 34.8 Å². The molecule has 1 aliphatic heterocycles. The molecule has 2 fully saturated rings. The number of nitrogens with zero attached hydrogens (tertiary/aromatic N) is 2. The number of hydrogen-bond donors (Lipinski definition) is 3. The van der Waals surface area contributed by atoms with Gasteiger partial charge in [-0.1, -0.05) is 38.5 Å². The van der Waals surface area contributed by atoms with Gasteiger partial charge in [0, 0.05) is 23.9 Å². The third-order valence-corrected chi connectivity index (χ3v) is 7.93. The SMILES string of the molecule is C=C[C@H]1CC1(NC(=O)[C@@H]1C[C@@H](Oc2ccnc3ccccc23)CN1C(=O)[C@@H](NC(=O)OC(C)(C)C)[C@H](C)CC)C(=O)O. The largest absolute Gasteiger partial charge is 0.488 e. The lowest BCUT2D eigenvalue weighted by molar-refractivity contribution is -0.146. The highest BCUT2D eigenvalue weighted by molar-refractivity contribution is 5.96. The minimum absolute atomic E-state index is 0.0570. The number of carbonyl (C=O) groups is 4. The Morgan fingerprint density at radius 2 is 1.95 bits per heavy atom. The number of hydrogen-bond acceptors (Lipinski definition) is 7. The van der Waals surface area contributed by atoms with Crippen LogP contribution >= 0.6 is 0 Å². The first-order valence-corrected chi connectivity index (χ1v) is 14.3. The van der Waals surface area contributed by atoms with E-state index < -0.39 is 59.1 Å². The van der Waals surface area contributed by atoms with E-state index in [2.05, 4.69) is 22.2 Å². The third kappa shape index (κ3) is 6.50. The maximum atomic E-state index is 14.1. The van der Waals surface area contributed by atoms with Gasteiger partial charge < -0.3 is 30.1 Å². The van der Waals surface area contributed by atoms with Crippen molar-refractivity contribution in [2.75, 3.05) is 6.54 Å². The number of carboxylic acid groups (broad SMARTS) is 1. The molecule has 1 aromatic carbocycles. The molecule has 4 rings (SSSR count). The molecule has 0 spiro atoms. The molecule has 0 radical (unpaired) electrons. The molecule has 42 heavy (non-hydrogen) atoms. The number of rotatable bonds is 10. The van der Waals surface area contributed by atoms with E-state index in [1.165, 1.54) is 11.0 Å². The fraction of sp³-hybridized carbons (Fsp3) is 0.516. The molecule has 1 aliphatic carbocycles. The Balaban J connectivity index is 1.62. The van der Waals surface area contributed by atoms with Crippen molar-refractivity contribution in [1.29, 1.82) is 0 Å². The summed E-state index contributed by atoms with van der Waals surface area (Å²) in [5, 5.41) is 16.0. The van der Waals surface area contributed by atoms with Crippen LogP contribution in [0.4, 0.5) is 4.79 Å². The van der Waals surface area contributed by atoms with Gasteiger partial charge in [-0.2, -0.15) is 0 Å². The summed E-state index contributed by atoms with van der Waals surface area (Å²) >= 11 is 0. The average Bonchev–Trinajstić information content (AvgIpc) is 3.50. The van der Waals surface area contributed by atoms with Crippen LogP contribution in [0.25, 0.3) is 10.9 Å². The average molecular weight is 581 g/mol. The maximum Gasteiger partial charge on any atom is 0.408 e. The van der Waals surface area contributed by atoms with Crippen LogP contribution in [-0.2, 0) is 19.1 Å². The normalized spacial score (nSPS) is 24.8. The van der Waals surface area contributed by atoms with E-state index in [0.717, 1.165) is 10.9 Å². The molecule has 2 heterocycles. The Kier molecular flexibility index (Phi) is 8.79.